The highest BCUT2D eigenvalue weighted by molar-refractivity contribution is 6.40. The van der Waals surface area contributed by atoms with Crippen LogP contribution in [-0.4, -0.2) is 32.0 Å². The van der Waals surface area contributed by atoms with Crippen LogP contribution >= 0.6 is 0 Å². The van der Waals surface area contributed by atoms with Gasteiger partial charge in [-0.1, -0.05) is 0 Å². The van der Waals surface area contributed by atoms with Gasteiger partial charge in [0.25, 0.3) is 5.91 Å². The lowest BCUT2D eigenvalue weighted by atomic mass is 10.2. The molecule has 2 rings (SSSR count). The molecule has 1 aromatic rings. The van der Waals surface area contributed by atoms with E-state index in [1.54, 1.807) is 25.2 Å². The molecule has 5 nitrogen and oxygen atoms in total. The number of carbonyl (C=O) groups is 2. The lowest BCUT2D eigenvalue weighted by molar-refractivity contribution is -0.134. The maximum absolute atomic E-state index is 11.5. The first-order valence-corrected chi connectivity index (χ1v) is 5.28. The summed E-state index contributed by atoms with van der Waals surface area (Å²) >= 11 is 0. The molecule has 1 amide bonds. The molecule has 1 aliphatic heterocycles. The molecular formula is C12H13NO4. The van der Waals surface area contributed by atoms with E-state index in [-0.39, 0.29) is 0 Å². The zero-order chi connectivity index (χ0) is 12.4. The van der Waals surface area contributed by atoms with E-state index in [0.29, 0.717) is 30.4 Å². The summed E-state index contributed by atoms with van der Waals surface area (Å²) in [6.45, 7) is 2.26. The molecule has 0 radical (unpaired) electrons. The van der Waals surface area contributed by atoms with Gasteiger partial charge in [0.05, 0.1) is 0 Å². The molecule has 0 N–H and O–H groups in total. The lowest BCUT2D eigenvalue weighted by Gasteiger charge is -2.21. The SMILES string of the molecule is CC(=O)C(=O)N(C)c1ccc2c(c1)OCCO2. The molecule has 0 bridgehead atoms. The van der Waals surface area contributed by atoms with Crippen LogP contribution in [0.15, 0.2) is 18.2 Å². The Labute approximate surface area is 98.9 Å². The number of nitrogens with zero attached hydrogens (tertiary/aromatic N) is 1. The van der Waals surface area contributed by atoms with Crippen molar-refractivity contribution in [3.63, 3.8) is 0 Å². The number of hydrogen-bond acceptors (Lipinski definition) is 4. The maximum atomic E-state index is 11.5. The van der Waals surface area contributed by atoms with Crippen molar-refractivity contribution >= 4 is 17.4 Å². The predicted molar refractivity (Wildman–Crippen MR) is 61.5 cm³/mol. The van der Waals surface area contributed by atoms with Gasteiger partial charge in [-0.05, 0) is 12.1 Å². The summed E-state index contributed by atoms with van der Waals surface area (Å²) in [7, 11) is 1.55. The van der Waals surface area contributed by atoms with Crippen LogP contribution in [0.5, 0.6) is 11.5 Å². The van der Waals surface area contributed by atoms with Crippen LogP contribution in [0.3, 0.4) is 0 Å². The second kappa shape index (κ2) is 4.45. The van der Waals surface area contributed by atoms with Gasteiger partial charge in [0.15, 0.2) is 11.5 Å². The monoisotopic (exact) mass is 235 g/mol. The first-order valence-electron chi connectivity index (χ1n) is 5.28. The third-order valence-electron chi connectivity index (χ3n) is 2.52. The zero-order valence-electron chi connectivity index (χ0n) is 9.73. The number of Topliss-reactive ketones (excluding diaryl/α,β-unsaturated/α-hetero) is 1. The molecular weight excluding hydrogens is 222 g/mol. The smallest absolute Gasteiger partial charge is 0.293 e. The quantitative estimate of drug-likeness (QED) is 0.718. The van der Waals surface area contributed by atoms with Crippen molar-refractivity contribution in [2.24, 2.45) is 0 Å². The summed E-state index contributed by atoms with van der Waals surface area (Å²) < 4.78 is 10.8. The van der Waals surface area contributed by atoms with Crippen LogP contribution in [0.4, 0.5) is 5.69 Å². The number of rotatable bonds is 2. The third-order valence-corrected chi connectivity index (χ3v) is 2.52. The van der Waals surface area contributed by atoms with Crippen LogP contribution in [0.2, 0.25) is 0 Å². The molecule has 0 saturated carbocycles. The Morgan fingerprint density at radius 3 is 2.47 bits per heavy atom. The second-order valence-corrected chi connectivity index (χ2v) is 3.75. The van der Waals surface area contributed by atoms with Gasteiger partial charge in [-0.3, -0.25) is 9.59 Å². The summed E-state index contributed by atoms with van der Waals surface area (Å²) in [4.78, 5) is 23.8. The van der Waals surface area contributed by atoms with E-state index in [1.165, 1.54) is 11.8 Å². The Balaban J connectivity index is 2.27. The van der Waals surface area contributed by atoms with E-state index in [2.05, 4.69) is 0 Å². The second-order valence-electron chi connectivity index (χ2n) is 3.75. The van der Waals surface area contributed by atoms with Crippen LogP contribution in [-0.2, 0) is 9.59 Å². The fourth-order valence-corrected chi connectivity index (χ4v) is 1.59. The Morgan fingerprint density at radius 2 is 1.82 bits per heavy atom. The standard InChI is InChI=1S/C12H13NO4/c1-8(14)12(15)13(2)9-3-4-10-11(7-9)17-6-5-16-10/h3-4,7H,5-6H2,1-2H3. The fourth-order valence-electron chi connectivity index (χ4n) is 1.59. The fraction of sp³-hybridized carbons (Fsp3) is 0.333. The molecule has 90 valence electrons. The number of carbonyl (C=O) groups excluding carboxylic acids is 2. The average molecular weight is 235 g/mol. The summed E-state index contributed by atoms with van der Waals surface area (Å²) in [5.41, 5.74) is 0.606. The van der Waals surface area contributed by atoms with Crippen molar-refractivity contribution in [3.8, 4) is 11.5 Å². The molecule has 0 spiro atoms. The Morgan fingerprint density at radius 1 is 1.18 bits per heavy atom. The van der Waals surface area contributed by atoms with Crippen molar-refractivity contribution in [3.05, 3.63) is 18.2 Å². The highest BCUT2D eigenvalue weighted by atomic mass is 16.6. The van der Waals surface area contributed by atoms with E-state index in [9.17, 15) is 9.59 Å². The van der Waals surface area contributed by atoms with Gasteiger partial charge in [-0.25, -0.2) is 0 Å². The van der Waals surface area contributed by atoms with Crippen LogP contribution in [0.25, 0.3) is 0 Å². The molecule has 1 aromatic carbocycles. The van der Waals surface area contributed by atoms with Crippen molar-refractivity contribution in [2.75, 3.05) is 25.2 Å². The average Bonchev–Trinajstić information content (AvgIpc) is 2.36. The molecule has 17 heavy (non-hydrogen) atoms. The van der Waals surface area contributed by atoms with E-state index < -0.39 is 11.7 Å². The minimum Gasteiger partial charge on any atom is -0.486 e. The molecule has 0 aromatic heterocycles. The number of ketones is 1. The van der Waals surface area contributed by atoms with Gasteiger partial charge in [-0.15, -0.1) is 0 Å². The number of likely N-dealkylation sites (N-methyl/N-ethyl adjacent to an activating group) is 1. The summed E-state index contributed by atoms with van der Waals surface area (Å²) in [5.74, 6) is 0.199. The van der Waals surface area contributed by atoms with Crippen molar-refractivity contribution in [1.29, 1.82) is 0 Å². The predicted octanol–water partition coefficient (Wildman–Crippen LogP) is 1.01. The topological polar surface area (TPSA) is 55.8 Å². The lowest BCUT2D eigenvalue weighted by Crippen LogP contribution is -2.31. The van der Waals surface area contributed by atoms with Gasteiger partial charge in [0.1, 0.15) is 13.2 Å². The van der Waals surface area contributed by atoms with E-state index in [0.717, 1.165) is 0 Å². The number of benzene rings is 1. The largest absolute Gasteiger partial charge is 0.486 e. The molecule has 0 unspecified atom stereocenters. The number of hydrogen-bond donors (Lipinski definition) is 0. The van der Waals surface area contributed by atoms with E-state index in [1.807, 2.05) is 0 Å². The zero-order valence-corrected chi connectivity index (χ0v) is 9.73. The number of fused-ring (bicyclic) bond motifs is 1. The molecule has 1 aliphatic rings. The molecule has 0 atom stereocenters. The van der Waals surface area contributed by atoms with Gasteiger partial charge in [0.2, 0.25) is 5.78 Å². The van der Waals surface area contributed by atoms with Crippen LogP contribution in [0.1, 0.15) is 6.92 Å². The number of anilines is 1. The summed E-state index contributed by atoms with van der Waals surface area (Å²) in [6.07, 6.45) is 0. The van der Waals surface area contributed by atoms with Crippen molar-refractivity contribution < 1.29 is 19.1 Å². The number of ether oxygens (including phenoxy) is 2. The van der Waals surface area contributed by atoms with Gasteiger partial charge in [-0.2, -0.15) is 0 Å². The molecule has 0 fully saturated rings. The van der Waals surface area contributed by atoms with Crippen LogP contribution in [0, 0.1) is 0 Å². The molecule has 0 aliphatic carbocycles. The minimum atomic E-state index is -0.554. The third kappa shape index (κ3) is 2.22. The Bertz CT molecular complexity index is 470. The highest BCUT2D eigenvalue weighted by Gasteiger charge is 2.18. The Kier molecular flexibility index (Phi) is 2.99. The Hall–Kier alpha value is -2.04. The summed E-state index contributed by atoms with van der Waals surface area (Å²) in [5, 5.41) is 0. The van der Waals surface area contributed by atoms with Crippen molar-refractivity contribution in [1.82, 2.24) is 0 Å². The highest BCUT2D eigenvalue weighted by Crippen LogP contribution is 2.33. The first-order chi connectivity index (χ1) is 8.09. The normalized spacial score (nSPS) is 13.1. The molecule has 0 saturated heterocycles. The minimum absolute atomic E-state index is 0.487. The summed E-state index contributed by atoms with van der Waals surface area (Å²) in [6, 6.07) is 5.14. The van der Waals surface area contributed by atoms with Gasteiger partial charge < -0.3 is 14.4 Å². The number of amides is 1. The van der Waals surface area contributed by atoms with Gasteiger partial charge in [0, 0.05) is 25.7 Å². The van der Waals surface area contributed by atoms with E-state index in [4.69, 9.17) is 9.47 Å². The van der Waals surface area contributed by atoms with Crippen molar-refractivity contribution in [2.45, 2.75) is 6.92 Å². The van der Waals surface area contributed by atoms with Gasteiger partial charge >= 0.3 is 0 Å². The maximum Gasteiger partial charge on any atom is 0.293 e. The molecule has 1 heterocycles. The molecule has 5 heteroatoms. The van der Waals surface area contributed by atoms with Crippen LogP contribution < -0.4 is 14.4 Å². The van der Waals surface area contributed by atoms with E-state index >= 15 is 0 Å². The first kappa shape index (κ1) is 11.4.